The summed E-state index contributed by atoms with van der Waals surface area (Å²) >= 11 is 0. The van der Waals surface area contributed by atoms with Crippen molar-refractivity contribution in [1.29, 1.82) is 0 Å². The maximum absolute atomic E-state index is 12.7. The van der Waals surface area contributed by atoms with Crippen molar-refractivity contribution in [2.24, 2.45) is 0 Å². The minimum atomic E-state index is -3.66. The van der Waals surface area contributed by atoms with Crippen molar-refractivity contribution >= 4 is 27.7 Å². The molecule has 1 aliphatic carbocycles. The average Bonchev–Trinajstić information content (AvgIpc) is 2.95. The van der Waals surface area contributed by atoms with Gasteiger partial charge in [0.2, 0.25) is 5.95 Å². The van der Waals surface area contributed by atoms with Gasteiger partial charge >= 0.3 is 0 Å². The van der Waals surface area contributed by atoms with Gasteiger partial charge in [-0.15, -0.1) is 10.2 Å². The number of pyridine rings is 1. The Balaban J connectivity index is 1.70. The zero-order valence-electron chi connectivity index (χ0n) is 13.1. The predicted molar refractivity (Wildman–Crippen MR) is 93.0 cm³/mol. The zero-order valence-corrected chi connectivity index (χ0v) is 13.9. The number of hydrogen-bond acceptors (Lipinski definition) is 4. The number of nitrogens with zero attached hydrogens (tertiary/aromatic N) is 3. The van der Waals surface area contributed by atoms with E-state index in [1.807, 2.05) is 43.3 Å². The Kier molecular flexibility index (Phi) is 3.38. The summed E-state index contributed by atoms with van der Waals surface area (Å²) in [6, 6.07) is 11.6. The monoisotopic (exact) mass is 340 g/mol. The minimum Gasteiger partial charge on any atom is -0.268 e. The van der Waals surface area contributed by atoms with Crippen LogP contribution in [-0.4, -0.2) is 23.0 Å². The van der Waals surface area contributed by atoms with Crippen molar-refractivity contribution in [3.05, 3.63) is 64.2 Å². The first kappa shape index (κ1) is 14.9. The Morgan fingerprint density at radius 3 is 2.83 bits per heavy atom. The molecule has 0 unspecified atom stereocenters. The molecule has 7 heteroatoms. The van der Waals surface area contributed by atoms with Gasteiger partial charge in [0.05, 0.1) is 4.91 Å². The SMILES string of the molecule is Cc1ccn2c(NS(=O)(=O)C3=Cc4ccccc4CC3)nnc2c1. The summed E-state index contributed by atoms with van der Waals surface area (Å²) in [5.74, 6) is 0.199. The van der Waals surface area contributed by atoms with Crippen LogP contribution in [0.15, 0.2) is 47.5 Å². The summed E-state index contributed by atoms with van der Waals surface area (Å²) in [5, 5.41) is 7.97. The number of sulfonamides is 1. The Hall–Kier alpha value is -2.67. The lowest BCUT2D eigenvalue weighted by Crippen LogP contribution is -2.19. The highest BCUT2D eigenvalue weighted by Gasteiger charge is 2.23. The van der Waals surface area contributed by atoms with E-state index >= 15 is 0 Å². The van der Waals surface area contributed by atoms with Crippen LogP contribution in [0.3, 0.4) is 0 Å². The summed E-state index contributed by atoms with van der Waals surface area (Å²) in [4.78, 5) is 0.366. The van der Waals surface area contributed by atoms with Crippen LogP contribution in [0.2, 0.25) is 0 Å². The summed E-state index contributed by atoms with van der Waals surface area (Å²) in [6.07, 6.45) is 4.67. The van der Waals surface area contributed by atoms with Gasteiger partial charge in [-0.3, -0.25) is 4.40 Å². The largest absolute Gasteiger partial charge is 0.268 e. The molecule has 122 valence electrons. The van der Waals surface area contributed by atoms with E-state index in [9.17, 15) is 8.42 Å². The van der Waals surface area contributed by atoms with E-state index in [0.717, 1.165) is 11.1 Å². The first-order valence-corrected chi connectivity index (χ1v) is 9.14. The standard InChI is InChI=1S/C17H16N4O2S/c1-12-8-9-21-16(10-12)18-19-17(21)20-24(22,23)15-7-6-13-4-2-3-5-14(13)11-15/h2-5,8-11H,6-7H2,1H3,(H,19,20). The molecule has 1 aliphatic rings. The van der Waals surface area contributed by atoms with Gasteiger partial charge < -0.3 is 0 Å². The Bertz CT molecular complexity index is 1070. The second-order valence-corrected chi connectivity index (χ2v) is 7.61. The van der Waals surface area contributed by atoms with Crippen LogP contribution < -0.4 is 4.72 Å². The highest BCUT2D eigenvalue weighted by Crippen LogP contribution is 2.27. The summed E-state index contributed by atoms with van der Waals surface area (Å²) < 4.78 is 29.6. The fourth-order valence-electron chi connectivity index (χ4n) is 2.87. The zero-order chi connectivity index (χ0) is 16.7. The number of allylic oxidation sites excluding steroid dienone is 1. The highest BCUT2D eigenvalue weighted by atomic mass is 32.2. The molecule has 0 amide bonds. The van der Waals surface area contributed by atoms with Crippen molar-refractivity contribution in [2.75, 3.05) is 4.72 Å². The van der Waals surface area contributed by atoms with Gasteiger partial charge in [-0.25, -0.2) is 13.1 Å². The summed E-state index contributed by atoms with van der Waals surface area (Å²) in [7, 11) is -3.66. The van der Waals surface area contributed by atoms with E-state index in [1.54, 1.807) is 16.7 Å². The molecular formula is C17H16N4O2S. The van der Waals surface area contributed by atoms with Gasteiger partial charge in [-0.1, -0.05) is 24.3 Å². The van der Waals surface area contributed by atoms with Crippen LogP contribution in [-0.2, 0) is 16.4 Å². The third-order valence-corrected chi connectivity index (χ3v) is 5.61. The lowest BCUT2D eigenvalue weighted by Gasteiger charge is -2.16. The molecule has 0 atom stereocenters. The van der Waals surface area contributed by atoms with Crippen LogP contribution in [0.25, 0.3) is 11.7 Å². The second-order valence-electron chi connectivity index (χ2n) is 5.87. The second kappa shape index (κ2) is 5.45. The fourth-order valence-corrected chi connectivity index (χ4v) is 4.03. The molecule has 0 saturated carbocycles. The predicted octanol–water partition coefficient (Wildman–Crippen LogP) is 2.77. The Morgan fingerprint density at radius 2 is 1.96 bits per heavy atom. The molecule has 1 aromatic carbocycles. The molecule has 3 aromatic rings. The van der Waals surface area contributed by atoms with Crippen molar-refractivity contribution < 1.29 is 8.42 Å². The van der Waals surface area contributed by atoms with Gasteiger partial charge in [-0.05, 0) is 54.7 Å². The van der Waals surface area contributed by atoms with Crippen LogP contribution in [0.5, 0.6) is 0 Å². The topological polar surface area (TPSA) is 76.4 Å². The number of nitrogens with one attached hydrogen (secondary N) is 1. The van der Waals surface area contributed by atoms with Crippen LogP contribution in [0, 0.1) is 6.92 Å². The van der Waals surface area contributed by atoms with E-state index in [4.69, 9.17) is 0 Å². The van der Waals surface area contributed by atoms with E-state index in [0.29, 0.717) is 23.4 Å². The molecular weight excluding hydrogens is 324 g/mol. The van der Waals surface area contributed by atoms with Crippen molar-refractivity contribution in [3.63, 3.8) is 0 Å². The molecule has 1 N–H and O–H groups in total. The molecule has 0 radical (unpaired) electrons. The number of aryl methyl sites for hydroxylation is 2. The van der Waals surface area contributed by atoms with Gasteiger partial charge in [-0.2, -0.15) is 0 Å². The molecule has 24 heavy (non-hydrogen) atoms. The van der Waals surface area contributed by atoms with Crippen molar-refractivity contribution in [1.82, 2.24) is 14.6 Å². The molecule has 0 fully saturated rings. The van der Waals surface area contributed by atoms with Gasteiger partial charge in [0, 0.05) is 6.20 Å². The third-order valence-electron chi connectivity index (χ3n) is 4.15. The molecule has 2 heterocycles. The normalized spacial score (nSPS) is 14.3. The summed E-state index contributed by atoms with van der Waals surface area (Å²) in [5.41, 5.74) is 3.76. The van der Waals surface area contributed by atoms with Gasteiger partial charge in [0.15, 0.2) is 5.65 Å². The third kappa shape index (κ3) is 2.56. The molecule has 6 nitrogen and oxygen atoms in total. The first-order valence-electron chi connectivity index (χ1n) is 7.66. The smallest absolute Gasteiger partial charge is 0.260 e. The molecule has 0 aliphatic heterocycles. The number of rotatable bonds is 3. The van der Waals surface area contributed by atoms with Gasteiger partial charge in [0.25, 0.3) is 10.0 Å². The maximum Gasteiger partial charge on any atom is 0.260 e. The number of aromatic nitrogens is 3. The lowest BCUT2D eigenvalue weighted by atomic mass is 9.98. The Morgan fingerprint density at radius 1 is 1.12 bits per heavy atom. The van der Waals surface area contributed by atoms with Crippen LogP contribution >= 0.6 is 0 Å². The number of anilines is 1. The average molecular weight is 340 g/mol. The molecule has 2 aromatic heterocycles. The van der Waals surface area contributed by atoms with Gasteiger partial charge in [0.1, 0.15) is 0 Å². The molecule has 0 spiro atoms. The van der Waals surface area contributed by atoms with E-state index in [-0.39, 0.29) is 5.95 Å². The summed E-state index contributed by atoms with van der Waals surface area (Å²) in [6.45, 7) is 1.95. The number of fused-ring (bicyclic) bond motifs is 2. The minimum absolute atomic E-state index is 0.199. The Labute approximate surface area is 139 Å². The molecule has 4 rings (SSSR count). The first-order chi connectivity index (χ1) is 11.5. The number of benzene rings is 1. The van der Waals surface area contributed by atoms with Crippen molar-refractivity contribution in [2.45, 2.75) is 19.8 Å². The van der Waals surface area contributed by atoms with Crippen LogP contribution in [0.4, 0.5) is 5.95 Å². The maximum atomic E-state index is 12.7. The van der Waals surface area contributed by atoms with Crippen molar-refractivity contribution in [3.8, 4) is 0 Å². The quantitative estimate of drug-likeness (QED) is 0.795. The van der Waals surface area contributed by atoms with Crippen LogP contribution in [0.1, 0.15) is 23.1 Å². The highest BCUT2D eigenvalue weighted by molar-refractivity contribution is 7.96. The molecule has 0 saturated heterocycles. The van der Waals surface area contributed by atoms with E-state index < -0.39 is 10.0 Å². The lowest BCUT2D eigenvalue weighted by molar-refractivity contribution is 0.604. The number of hydrogen-bond donors (Lipinski definition) is 1. The fraction of sp³-hybridized carbons (Fsp3) is 0.176. The van der Waals surface area contributed by atoms with E-state index in [2.05, 4.69) is 14.9 Å². The molecule has 0 bridgehead atoms. The van der Waals surface area contributed by atoms with E-state index in [1.165, 1.54) is 5.56 Å².